The summed E-state index contributed by atoms with van der Waals surface area (Å²) in [6.45, 7) is 14.8. The second-order valence-electron chi connectivity index (χ2n) is 3.06. The predicted octanol–water partition coefficient (Wildman–Crippen LogP) is 3.38. The molecule has 0 aliphatic rings. The molecule has 82 valence electrons. The molecule has 0 radical (unpaired) electrons. The van der Waals surface area contributed by atoms with Gasteiger partial charge in [0.2, 0.25) is 0 Å². The van der Waals surface area contributed by atoms with Gasteiger partial charge in [-0.1, -0.05) is 25.7 Å². The van der Waals surface area contributed by atoms with Crippen LogP contribution in [0.25, 0.3) is 0 Å². The van der Waals surface area contributed by atoms with Crippen LogP contribution in [0, 0.1) is 0 Å². The van der Waals surface area contributed by atoms with Gasteiger partial charge in [-0.15, -0.1) is 13.2 Å². The van der Waals surface area contributed by atoms with E-state index in [9.17, 15) is 0 Å². The van der Waals surface area contributed by atoms with Gasteiger partial charge in [0, 0.05) is 6.20 Å². The Labute approximate surface area is 92.6 Å². The minimum absolute atomic E-state index is 0.782. The number of hydrogen-bond acceptors (Lipinski definition) is 1. The molecule has 1 aromatic heterocycles. The van der Waals surface area contributed by atoms with Crippen molar-refractivity contribution >= 4 is 0 Å². The first kappa shape index (κ1) is 13.4. The summed E-state index contributed by atoms with van der Waals surface area (Å²) in [6, 6.07) is 0. The van der Waals surface area contributed by atoms with E-state index in [-0.39, 0.29) is 0 Å². The highest BCUT2D eigenvalue weighted by Gasteiger charge is 1.96. The van der Waals surface area contributed by atoms with E-state index in [0.717, 1.165) is 18.5 Å². The average molecular weight is 204 g/mol. The standard InChI is InChI=1S/C11H16N2.C2H4/c1-4-6-10(3)8-13-9-11(5-2)7-12-13;1-2/h4,6-7,9H,3,5,8H2,1-2H3;1-2H2/b6-4-;. The molecular weight excluding hydrogens is 184 g/mol. The van der Waals surface area contributed by atoms with Crippen LogP contribution in [0.2, 0.25) is 0 Å². The quantitative estimate of drug-likeness (QED) is 0.543. The van der Waals surface area contributed by atoms with Crippen molar-refractivity contribution in [2.75, 3.05) is 0 Å². The fourth-order valence-corrected chi connectivity index (χ4v) is 1.17. The van der Waals surface area contributed by atoms with Crippen molar-refractivity contribution in [2.45, 2.75) is 26.8 Å². The third-order valence-corrected chi connectivity index (χ3v) is 1.86. The molecule has 0 spiro atoms. The fraction of sp³-hybridized carbons (Fsp3) is 0.308. The smallest absolute Gasteiger partial charge is 0.0653 e. The van der Waals surface area contributed by atoms with E-state index in [2.05, 4.69) is 38.0 Å². The summed E-state index contributed by atoms with van der Waals surface area (Å²) >= 11 is 0. The molecule has 1 heterocycles. The summed E-state index contributed by atoms with van der Waals surface area (Å²) in [5.74, 6) is 0. The molecule has 0 saturated carbocycles. The normalized spacial score (nSPS) is 9.73. The molecular formula is C13H20N2. The van der Waals surface area contributed by atoms with E-state index in [4.69, 9.17) is 0 Å². The van der Waals surface area contributed by atoms with Crippen LogP contribution >= 0.6 is 0 Å². The summed E-state index contributed by atoms with van der Waals surface area (Å²) < 4.78 is 1.92. The van der Waals surface area contributed by atoms with Gasteiger partial charge in [0.05, 0.1) is 12.7 Å². The molecule has 2 heteroatoms. The van der Waals surface area contributed by atoms with Gasteiger partial charge in [-0.3, -0.25) is 4.68 Å². The lowest BCUT2D eigenvalue weighted by Gasteiger charge is -1.99. The van der Waals surface area contributed by atoms with Gasteiger partial charge >= 0.3 is 0 Å². The molecule has 0 aromatic carbocycles. The second kappa shape index (κ2) is 7.80. The first-order valence-corrected chi connectivity index (χ1v) is 5.08. The zero-order valence-corrected chi connectivity index (χ0v) is 9.74. The van der Waals surface area contributed by atoms with Crippen LogP contribution in [0.15, 0.2) is 49.9 Å². The third-order valence-electron chi connectivity index (χ3n) is 1.86. The Hall–Kier alpha value is -1.57. The fourth-order valence-electron chi connectivity index (χ4n) is 1.17. The number of nitrogens with zero attached hydrogens (tertiary/aromatic N) is 2. The van der Waals surface area contributed by atoms with Crippen molar-refractivity contribution in [1.29, 1.82) is 0 Å². The number of allylic oxidation sites excluding steroid dienone is 3. The Balaban J connectivity index is 0.000000921. The highest BCUT2D eigenvalue weighted by molar-refractivity contribution is 5.14. The lowest BCUT2D eigenvalue weighted by Crippen LogP contribution is -1.98. The van der Waals surface area contributed by atoms with Gasteiger partial charge in [-0.25, -0.2) is 0 Å². The molecule has 0 amide bonds. The minimum atomic E-state index is 0.782. The van der Waals surface area contributed by atoms with E-state index >= 15 is 0 Å². The van der Waals surface area contributed by atoms with E-state index in [0.29, 0.717) is 0 Å². The maximum absolute atomic E-state index is 4.23. The van der Waals surface area contributed by atoms with Crippen LogP contribution in [0.4, 0.5) is 0 Å². The Kier molecular flexibility index (Phi) is 6.98. The molecule has 2 nitrogen and oxygen atoms in total. The molecule has 0 N–H and O–H groups in total. The van der Waals surface area contributed by atoms with E-state index in [1.54, 1.807) is 0 Å². The predicted molar refractivity (Wildman–Crippen MR) is 66.8 cm³/mol. The van der Waals surface area contributed by atoms with E-state index in [1.807, 2.05) is 30.0 Å². The molecule has 1 rings (SSSR count). The van der Waals surface area contributed by atoms with Crippen molar-refractivity contribution in [3.8, 4) is 0 Å². The second-order valence-corrected chi connectivity index (χ2v) is 3.06. The highest BCUT2D eigenvalue weighted by Crippen LogP contribution is 2.02. The Bertz CT molecular complexity index is 321. The Morgan fingerprint density at radius 2 is 2.20 bits per heavy atom. The molecule has 0 atom stereocenters. The van der Waals surface area contributed by atoms with E-state index in [1.165, 1.54) is 5.56 Å². The number of rotatable bonds is 4. The van der Waals surface area contributed by atoms with Crippen molar-refractivity contribution < 1.29 is 0 Å². The lowest BCUT2D eigenvalue weighted by molar-refractivity contribution is 0.686. The molecule has 15 heavy (non-hydrogen) atoms. The molecule has 1 aromatic rings. The van der Waals surface area contributed by atoms with Gasteiger partial charge < -0.3 is 0 Å². The molecule has 0 fully saturated rings. The third kappa shape index (κ3) is 5.01. The monoisotopic (exact) mass is 204 g/mol. The van der Waals surface area contributed by atoms with Crippen LogP contribution in [-0.2, 0) is 13.0 Å². The van der Waals surface area contributed by atoms with Crippen molar-refractivity contribution in [3.63, 3.8) is 0 Å². The van der Waals surface area contributed by atoms with Crippen molar-refractivity contribution in [3.05, 3.63) is 55.4 Å². The van der Waals surface area contributed by atoms with Crippen LogP contribution in [-0.4, -0.2) is 9.78 Å². The van der Waals surface area contributed by atoms with E-state index < -0.39 is 0 Å². The molecule has 0 bridgehead atoms. The van der Waals surface area contributed by atoms with Crippen LogP contribution in [0.1, 0.15) is 19.4 Å². The van der Waals surface area contributed by atoms with Gasteiger partial charge in [0.1, 0.15) is 0 Å². The van der Waals surface area contributed by atoms with Crippen molar-refractivity contribution in [1.82, 2.24) is 9.78 Å². The molecule has 0 aliphatic carbocycles. The zero-order valence-electron chi connectivity index (χ0n) is 9.74. The number of aryl methyl sites for hydroxylation is 1. The largest absolute Gasteiger partial charge is 0.268 e. The lowest BCUT2D eigenvalue weighted by atomic mass is 10.3. The maximum atomic E-state index is 4.23. The van der Waals surface area contributed by atoms with Crippen LogP contribution in [0.3, 0.4) is 0 Å². The van der Waals surface area contributed by atoms with Crippen molar-refractivity contribution in [2.24, 2.45) is 0 Å². The zero-order chi connectivity index (χ0) is 11.7. The Morgan fingerprint density at radius 1 is 1.53 bits per heavy atom. The summed E-state index contributed by atoms with van der Waals surface area (Å²) in [4.78, 5) is 0. The summed E-state index contributed by atoms with van der Waals surface area (Å²) in [7, 11) is 0. The highest BCUT2D eigenvalue weighted by atomic mass is 15.3. The van der Waals surface area contributed by atoms with Crippen LogP contribution < -0.4 is 0 Å². The van der Waals surface area contributed by atoms with Gasteiger partial charge in [0.15, 0.2) is 0 Å². The maximum Gasteiger partial charge on any atom is 0.0653 e. The topological polar surface area (TPSA) is 17.8 Å². The molecule has 0 aliphatic heterocycles. The average Bonchev–Trinajstić information content (AvgIpc) is 2.69. The SMILES string of the molecule is C=C.C=C(/C=C\C)Cn1cc(CC)cn1. The molecule has 0 saturated heterocycles. The van der Waals surface area contributed by atoms with Gasteiger partial charge in [-0.05, 0) is 24.5 Å². The summed E-state index contributed by atoms with van der Waals surface area (Å²) in [5, 5.41) is 4.23. The first-order chi connectivity index (χ1) is 7.26. The van der Waals surface area contributed by atoms with Gasteiger partial charge in [0.25, 0.3) is 0 Å². The molecule has 0 unspecified atom stereocenters. The summed E-state index contributed by atoms with van der Waals surface area (Å²) in [6.07, 6.45) is 9.01. The van der Waals surface area contributed by atoms with Gasteiger partial charge in [-0.2, -0.15) is 5.10 Å². The Morgan fingerprint density at radius 3 is 2.67 bits per heavy atom. The number of hydrogen-bond donors (Lipinski definition) is 0. The minimum Gasteiger partial charge on any atom is -0.268 e. The number of aromatic nitrogens is 2. The first-order valence-electron chi connectivity index (χ1n) is 5.08. The summed E-state index contributed by atoms with van der Waals surface area (Å²) in [5.41, 5.74) is 2.35. The van der Waals surface area contributed by atoms with Crippen LogP contribution in [0.5, 0.6) is 0 Å².